The molecule has 0 aliphatic rings. The highest BCUT2D eigenvalue weighted by Crippen LogP contribution is 2.22. The number of ether oxygens (including phenoxy) is 1. The smallest absolute Gasteiger partial charge is 0.344 e. The Balaban J connectivity index is 2.74. The van der Waals surface area contributed by atoms with Crippen molar-refractivity contribution in [2.45, 2.75) is 25.9 Å². The molecule has 0 saturated heterocycles. The average Bonchev–Trinajstić information content (AvgIpc) is 2.20. The van der Waals surface area contributed by atoms with Crippen LogP contribution in [0, 0.1) is 3.57 Å². The van der Waals surface area contributed by atoms with Crippen molar-refractivity contribution >= 4 is 28.6 Å². The van der Waals surface area contributed by atoms with Crippen LogP contribution in [0.25, 0.3) is 0 Å². The Morgan fingerprint density at radius 3 is 2.73 bits per heavy atom. The first-order valence-electron chi connectivity index (χ1n) is 4.79. The van der Waals surface area contributed by atoms with Gasteiger partial charge in [-0.1, -0.05) is 25.5 Å². The number of carbonyl (C=O) groups is 1. The first-order valence-corrected chi connectivity index (χ1v) is 5.87. The van der Waals surface area contributed by atoms with Gasteiger partial charge >= 0.3 is 5.97 Å². The molecule has 1 aromatic rings. The summed E-state index contributed by atoms with van der Waals surface area (Å²) in [6.45, 7) is 1.94. The minimum atomic E-state index is -0.906. The van der Waals surface area contributed by atoms with Crippen molar-refractivity contribution in [2.24, 2.45) is 0 Å². The molecule has 0 spiro atoms. The summed E-state index contributed by atoms with van der Waals surface area (Å²) in [5.74, 6) is -0.268. The molecule has 0 heterocycles. The molecular formula is C11H13IO3. The maximum atomic E-state index is 10.9. The van der Waals surface area contributed by atoms with Crippen molar-refractivity contribution < 1.29 is 14.6 Å². The van der Waals surface area contributed by atoms with Gasteiger partial charge in [0, 0.05) is 0 Å². The lowest BCUT2D eigenvalue weighted by Gasteiger charge is -2.15. The van der Waals surface area contributed by atoms with Crippen LogP contribution in [0.15, 0.2) is 24.3 Å². The predicted octanol–water partition coefficient (Wildman–Crippen LogP) is 2.92. The Hall–Kier alpha value is -0.780. The van der Waals surface area contributed by atoms with Crippen LogP contribution >= 0.6 is 22.6 Å². The van der Waals surface area contributed by atoms with Crippen LogP contribution in [0.4, 0.5) is 0 Å². The van der Waals surface area contributed by atoms with Gasteiger partial charge in [0.15, 0.2) is 6.10 Å². The number of benzene rings is 1. The topological polar surface area (TPSA) is 46.5 Å². The summed E-state index contributed by atoms with van der Waals surface area (Å²) >= 11 is 2.13. The quantitative estimate of drug-likeness (QED) is 0.849. The Kier molecular flexibility index (Phi) is 4.87. The van der Waals surface area contributed by atoms with E-state index in [2.05, 4.69) is 22.6 Å². The molecule has 0 aliphatic carbocycles. The highest BCUT2D eigenvalue weighted by atomic mass is 127. The molecule has 0 aromatic heterocycles. The minimum absolute atomic E-state index is 0.528. The monoisotopic (exact) mass is 320 g/mol. The second-order valence-electron chi connectivity index (χ2n) is 3.16. The summed E-state index contributed by atoms with van der Waals surface area (Å²) in [6.07, 6.45) is 0.576. The lowest BCUT2D eigenvalue weighted by Crippen LogP contribution is -2.26. The molecule has 0 aliphatic heterocycles. The number of hydrogen-bond donors (Lipinski definition) is 1. The lowest BCUT2D eigenvalue weighted by molar-refractivity contribution is -0.145. The van der Waals surface area contributed by atoms with E-state index in [1.165, 1.54) is 0 Å². The van der Waals surface area contributed by atoms with Gasteiger partial charge in [-0.3, -0.25) is 0 Å². The maximum Gasteiger partial charge on any atom is 0.344 e. The van der Waals surface area contributed by atoms with Crippen molar-refractivity contribution in [1.29, 1.82) is 0 Å². The van der Waals surface area contributed by atoms with Gasteiger partial charge in [0.1, 0.15) is 5.75 Å². The zero-order valence-electron chi connectivity index (χ0n) is 8.44. The highest BCUT2D eigenvalue weighted by molar-refractivity contribution is 14.1. The molecule has 1 atom stereocenters. The third-order valence-corrected chi connectivity index (χ3v) is 2.82. The Morgan fingerprint density at radius 1 is 1.53 bits per heavy atom. The molecule has 0 saturated carbocycles. The van der Waals surface area contributed by atoms with E-state index in [0.717, 1.165) is 9.99 Å². The fourth-order valence-electron chi connectivity index (χ4n) is 1.19. The van der Waals surface area contributed by atoms with Gasteiger partial charge in [-0.05, 0) is 41.1 Å². The number of carboxylic acids is 1. The van der Waals surface area contributed by atoms with E-state index in [1.54, 1.807) is 6.07 Å². The third-order valence-electron chi connectivity index (χ3n) is 1.93. The van der Waals surface area contributed by atoms with E-state index in [1.807, 2.05) is 25.1 Å². The number of halogens is 1. The Labute approximate surface area is 103 Å². The normalized spacial score (nSPS) is 12.1. The van der Waals surface area contributed by atoms with Crippen molar-refractivity contribution in [3.63, 3.8) is 0 Å². The van der Waals surface area contributed by atoms with Crippen molar-refractivity contribution in [3.8, 4) is 5.75 Å². The molecule has 0 bridgehead atoms. The fourth-order valence-corrected chi connectivity index (χ4v) is 1.70. The first kappa shape index (κ1) is 12.3. The first-order chi connectivity index (χ1) is 7.15. The van der Waals surface area contributed by atoms with E-state index in [0.29, 0.717) is 12.2 Å². The highest BCUT2D eigenvalue weighted by Gasteiger charge is 2.18. The summed E-state index contributed by atoms with van der Waals surface area (Å²) in [5.41, 5.74) is 0. The van der Waals surface area contributed by atoms with Gasteiger partial charge < -0.3 is 9.84 Å². The van der Waals surface area contributed by atoms with Gasteiger partial charge in [-0.15, -0.1) is 0 Å². The van der Waals surface area contributed by atoms with E-state index < -0.39 is 12.1 Å². The minimum Gasteiger partial charge on any atom is -0.479 e. The summed E-state index contributed by atoms with van der Waals surface area (Å²) in [6, 6.07) is 7.40. The summed E-state index contributed by atoms with van der Waals surface area (Å²) < 4.78 is 6.37. The van der Waals surface area contributed by atoms with Crippen molar-refractivity contribution in [1.82, 2.24) is 0 Å². The zero-order valence-corrected chi connectivity index (χ0v) is 10.6. The molecule has 4 heteroatoms. The van der Waals surface area contributed by atoms with Crippen LogP contribution in [0.3, 0.4) is 0 Å². The molecule has 0 fully saturated rings. The molecule has 1 unspecified atom stereocenters. The number of rotatable bonds is 5. The molecular weight excluding hydrogens is 307 g/mol. The van der Waals surface area contributed by atoms with Crippen LogP contribution < -0.4 is 4.74 Å². The Bertz CT molecular complexity index is 338. The van der Waals surface area contributed by atoms with E-state index in [9.17, 15) is 4.79 Å². The van der Waals surface area contributed by atoms with Crippen molar-refractivity contribution in [3.05, 3.63) is 27.8 Å². The third kappa shape index (κ3) is 3.70. The van der Waals surface area contributed by atoms with Crippen molar-refractivity contribution in [2.75, 3.05) is 0 Å². The largest absolute Gasteiger partial charge is 0.479 e. The SMILES string of the molecule is CCCC(Oc1ccccc1I)C(=O)O. The molecule has 1 rings (SSSR count). The molecule has 0 radical (unpaired) electrons. The standard InChI is InChI=1S/C11H13IO3/c1-2-5-10(11(13)14)15-9-7-4-3-6-8(9)12/h3-4,6-7,10H,2,5H2,1H3,(H,13,14). The number of aliphatic carboxylic acids is 1. The van der Waals surface area contributed by atoms with Gasteiger partial charge in [-0.25, -0.2) is 4.79 Å². The van der Waals surface area contributed by atoms with Gasteiger partial charge in [0.25, 0.3) is 0 Å². The number of para-hydroxylation sites is 1. The lowest BCUT2D eigenvalue weighted by atomic mass is 10.2. The van der Waals surface area contributed by atoms with E-state index in [-0.39, 0.29) is 0 Å². The predicted molar refractivity (Wildman–Crippen MR) is 66.1 cm³/mol. The summed E-state index contributed by atoms with van der Waals surface area (Å²) in [4.78, 5) is 10.9. The maximum absolute atomic E-state index is 10.9. The zero-order chi connectivity index (χ0) is 11.3. The van der Waals surface area contributed by atoms with E-state index >= 15 is 0 Å². The van der Waals surface area contributed by atoms with Crippen LogP contribution in [0.1, 0.15) is 19.8 Å². The summed E-state index contributed by atoms with van der Waals surface area (Å²) in [5, 5.41) is 8.93. The van der Waals surface area contributed by atoms with Gasteiger partial charge in [0.05, 0.1) is 3.57 Å². The van der Waals surface area contributed by atoms with Crippen LogP contribution in [-0.2, 0) is 4.79 Å². The molecule has 0 amide bonds. The number of carboxylic acid groups (broad SMARTS) is 1. The fraction of sp³-hybridized carbons (Fsp3) is 0.364. The molecule has 82 valence electrons. The average molecular weight is 320 g/mol. The van der Waals surface area contributed by atoms with Gasteiger partial charge in [-0.2, -0.15) is 0 Å². The second kappa shape index (κ2) is 5.95. The Morgan fingerprint density at radius 2 is 2.20 bits per heavy atom. The van der Waals surface area contributed by atoms with E-state index in [4.69, 9.17) is 9.84 Å². The molecule has 15 heavy (non-hydrogen) atoms. The molecule has 3 nitrogen and oxygen atoms in total. The van der Waals surface area contributed by atoms with Crippen LogP contribution in [0.5, 0.6) is 5.75 Å². The van der Waals surface area contributed by atoms with Crippen LogP contribution in [-0.4, -0.2) is 17.2 Å². The second-order valence-corrected chi connectivity index (χ2v) is 4.33. The molecule has 1 N–H and O–H groups in total. The van der Waals surface area contributed by atoms with Gasteiger partial charge in [0.2, 0.25) is 0 Å². The molecule has 1 aromatic carbocycles. The number of hydrogen-bond acceptors (Lipinski definition) is 2. The van der Waals surface area contributed by atoms with Crippen LogP contribution in [0.2, 0.25) is 0 Å². The summed E-state index contributed by atoms with van der Waals surface area (Å²) in [7, 11) is 0.